The number of piperidine rings is 1. The monoisotopic (exact) mass is 286 g/mol. The molecule has 0 radical (unpaired) electrons. The number of ether oxygens (including phenoxy) is 1. The van der Waals surface area contributed by atoms with Crippen molar-refractivity contribution in [1.29, 1.82) is 0 Å². The van der Waals surface area contributed by atoms with Crippen LogP contribution in [0.4, 0.5) is 0 Å². The summed E-state index contributed by atoms with van der Waals surface area (Å²) in [5, 5.41) is 0. The molecule has 2 atom stereocenters. The number of likely N-dealkylation sites (tertiary alicyclic amines) is 1. The molecule has 0 aliphatic carbocycles. The zero-order valence-electron chi connectivity index (χ0n) is 11.8. The molecule has 0 unspecified atom stereocenters. The van der Waals surface area contributed by atoms with Crippen molar-refractivity contribution in [3.63, 3.8) is 0 Å². The first-order chi connectivity index (χ1) is 10.3. The first kappa shape index (κ1) is 12.8. The maximum absolute atomic E-state index is 11.8. The molecular weight excluding hydrogens is 268 g/mol. The van der Waals surface area contributed by atoms with E-state index in [2.05, 4.69) is 9.88 Å². The van der Waals surface area contributed by atoms with Crippen molar-refractivity contribution in [1.82, 2.24) is 9.88 Å². The molecule has 4 rings (SSSR count). The van der Waals surface area contributed by atoms with E-state index in [9.17, 15) is 4.79 Å². The largest absolute Gasteiger partial charge is 0.464 e. The summed E-state index contributed by atoms with van der Waals surface area (Å²) < 4.78 is 11.0. The first-order valence-corrected chi connectivity index (χ1v) is 7.57. The predicted octanol–water partition coefficient (Wildman–Crippen LogP) is 2.32. The van der Waals surface area contributed by atoms with Crippen molar-refractivity contribution >= 4 is 17.1 Å². The van der Waals surface area contributed by atoms with Gasteiger partial charge in [0.1, 0.15) is 11.6 Å². The van der Waals surface area contributed by atoms with Crippen molar-refractivity contribution < 1.29 is 13.9 Å². The van der Waals surface area contributed by atoms with Crippen molar-refractivity contribution in [3.05, 3.63) is 30.2 Å². The maximum atomic E-state index is 11.8. The van der Waals surface area contributed by atoms with Gasteiger partial charge < -0.3 is 9.15 Å². The Morgan fingerprint density at radius 3 is 2.95 bits per heavy atom. The zero-order valence-corrected chi connectivity index (χ0v) is 11.8. The number of rotatable bonds is 2. The van der Waals surface area contributed by atoms with E-state index in [-0.39, 0.29) is 17.9 Å². The van der Waals surface area contributed by atoms with Crippen LogP contribution in [0.1, 0.15) is 31.1 Å². The van der Waals surface area contributed by atoms with E-state index in [0.29, 0.717) is 6.61 Å². The third-order valence-electron chi connectivity index (χ3n) is 4.46. The summed E-state index contributed by atoms with van der Waals surface area (Å²) in [5.41, 5.74) is 1.75. The summed E-state index contributed by atoms with van der Waals surface area (Å²) in [6.07, 6.45) is 2.93. The summed E-state index contributed by atoms with van der Waals surface area (Å²) in [6, 6.07) is 7.77. The molecule has 3 heterocycles. The number of hydrogen-bond acceptors (Lipinski definition) is 5. The molecule has 1 aromatic heterocycles. The van der Waals surface area contributed by atoms with Crippen LogP contribution in [0.25, 0.3) is 11.1 Å². The van der Waals surface area contributed by atoms with Gasteiger partial charge in [-0.25, -0.2) is 4.98 Å². The molecular formula is C16H18N2O3. The lowest BCUT2D eigenvalue weighted by Crippen LogP contribution is -2.44. The maximum Gasteiger partial charge on any atom is 0.323 e. The molecule has 2 aromatic rings. The van der Waals surface area contributed by atoms with E-state index in [1.807, 2.05) is 24.3 Å². The highest BCUT2D eigenvalue weighted by atomic mass is 16.5. The minimum absolute atomic E-state index is 0.0721. The fraction of sp³-hybridized carbons (Fsp3) is 0.500. The Balaban J connectivity index is 1.56. The molecule has 0 bridgehead atoms. The summed E-state index contributed by atoms with van der Waals surface area (Å²) in [7, 11) is 0. The second-order valence-electron chi connectivity index (χ2n) is 5.83. The van der Waals surface area contributed by atoms with Gasteiger partial charge in [-0.3, -0.25) is 9.69 Å². The summed E-state index contributed by atoms with van der Waals surface area (Å²) in [6.45, 7) is 2.33. The molecule has 0 amide bonds. The molecule has 21 heavy (non-hydrogen) atoms. The SMILES string of the molecule is O=C1OCC[C@@H]1N1CCC[C@@H](c2nc3ccccc3o2)C1. The number of benzene rings is 1. The third kappa shape index (κ3) is 2.31. The van der Waals surface area contributed by atoms with Crippen LogP contribution in [0.2, 0.25) is 0 Å². The van der Waals surface area contributed by atoms with Gasteiger partial charge in [-0.05, 0) is 31.5 Å². The van der Waals surface area contributed by atoms with Gasteiger partial charge in [-0.15, -0.1) is 0 Å². The van der Waals surface area contributed by atoms with Crippen LogP contribution in [0.5, 0.6) is 0 Å². The standard InChI is InChI=1S/C16H18N2O3/c19-16-13(7-9-20-16)18-8-3-4-11(10-18)15-17-12-5-1-2-6-14(12)21-15/h1-2,5-6,11,13H,3-4,7-10H2/t11-,13+/m1/s1. The van der Waals surface area contributed by atoms with Crippen molar-refractivity contribution in [2.24, 2.45) is 0 Å². The van der Waals surface area contributed by atoms with E-state index in [4.69, 9.17) is 9.15 Å². The van der Waals surface area contributed by atoms with E-state index in [1.165, 1.54) is 0 Å². The van der Waals surface area contributed by atoms with E-state index >= 15 is 0 Å². The Kier molecular flexibility index (Phi) is 3.15. The Morgan fingerprint density at radius 1 is 1.24 bits per heavy atom. The molecule has 5 nitrogen and oxygen atoms in total. The van der Waals surface area contributed by atoms with E-state index < -0.39 is 0 Å². The molecule has 110 valence electrons. The highest BCUT2D eigenvalue weighted by Crippen LogP contribution is 2.31. The second-order valence-corrected chi connectivity index (χ2v) is 5.83. The molecule has 2 saturated heterocycles. The molecule has 0 saturated carbocycles. The van der Waals surface area contributed by atoms with Gasteiger partial charge >= 0.3 is 5.97 Å². The fourth-order valence-corrected chi connectivity index (χ4v) is 3.37. The predicted molar refractivity (Wildman–Crippen MR) is 76.9 cm³/mol. The minimum atomic E-state index is -0.0757. The van der Waals surface area contributed by atoms with Gasteiger partial charge in [0.2, 0.25) is 0 Å². The number of aromatic nitrogens is 1. The zero-order chi connectivity index (χ0) is 14.2. The second kappa shape index (κ2) is 5.15. The fourth-order valence-electron chi connectivity index (χ4n) is 3.37. The molecule has 1 aromatic carbocycles. The summed E-state index contributed by atoms with van der Waals surface area (Å²) >= 11 is 0. The Bertz CT molecular complexity index is 633. The number of cyclic esters (lactones) is 1. The van der Waals surface area contributed by atoms with Crippen LogP contribution >= 0.6 is 0 Å². The third-order valence-corrected chi connectivity index (χ3v) is 4.46. The molecule has 2 aliphatic rings. The van der Waals surface area contributed by atoms with Gasteiger partial charge in [-0.1, -0.05) is 12.1 Å². The normalized spacial score (nSPS) is 27.1. The molecule has 5 heteroatoms. The van der Waals surface area contributed by atoms with Crippen molar-refractivity contribution in [2.45, 2.75) is 31.2 Å². The number of oxazole rings is 1. The van der Waals surface area contributed by atoms with Gasteiger partial charge in [-0.2, -0.15) is 0 Å². The van der Waals surface area contributed by atoms with Crippen LogP contribution in [-0.4, -0.2) is 41.6 Å². The average molecular weight is 286 g/mol. The number of carbonyl (C=O) groups excluding carboxylic acids is 1. The van der Waals surface area contributed by atoms with Crippen LogP contribution in [0.15, 0.2) is 28.7 Å². The number of nitrogens with zero attached hydrogens (tertiary/aromatic N) is 2. The molecule has 2 aliphatic heterocycles. The number of para-hydroxylation sites is 2. The Morgan fingerprint density at radius 2 is 2.14 bits per heavy atom. The van der Waals surface area contributed by atoms with Gasteiger partial charge in [0.15, 0.2) is 11.5 Å². The molecule has 0 spiro atoms. The summed E-state index contributed by atoms with van der Waals surface area (Å²) in [4.78, 5) is 18.6. The Hall–Kier alpha value is -1.88. The molecule has 2 fully saturated rings. The van der Waals surface area contributed by atoms with Crippen LogP contribution in [0, 0.1) is 0 Å². The number of hydrogen-bond donors (Lipinski definition) is 0. The Labute approximate surface area is 122 Å². The van der Waals surface area contributed by atoms with Crippen molar-refractivity contribution in [3.8, 4) is 0 Å². The number of carbonyl (C=O) groups is 1. The van der Waals surface area contributed by atoms with Crippen molar-refractivity contribution in [2.75, 3.05) is 19.7 Å². The lowest BCUT2D eigenvalue weighted by Gasteiger charge is -2.33. The van der Waals surface area contributed by atoms with Gasteiger partial charge in [0, 0.05) is 18.9 Å². The highest BCUT2D eigenvalue weighted by Gasteiger charge is 2.36. The van der Waals surface area contributed by atoms with Gasteiger partial charge in [0.25, 0.3) is 0 Å². The highest BCUT2D eigenvalue weighted by molar-refractivity contribution is 5.77. The lowest BCUT2D eigenvalue weighted by atomic mass is 9.96. The van der Waals surface area contributed by atoms with E-state index in [1.54, 1.807) is 0 Å². The number of fused-ring (bicyclic) bond motifs is 1. The van der Waals surface area contributed by atoms with Crippen LogP contribution < -0.4 is 0 Å². The quantitative estimate of drug-likeness (QED) is 0.793. The van der Waals surface area contributed by atoms with E-state index in [0.717, 1.165) is 49.3 Å². The van der Waals surface area contributed by atoms with Crippen LogP contribution in [0.3, 0.4) is 0 Å². The summed E-state index contributed by atoms with van der Waals surface area (Å²) in [5.74, 6) is 0.986. The lowest BCUT2D eigenvalue weighted by molar-refractivity contribution is -0.142. The first-order valence-electron chi connectivity index (χ1n) is 7.57. The minimum Gasteiger partial charge on any atom is -0.464 e. The average Bonchev–Trinajstić information content (AvgIpc) is 3.13. The topological polar surface area (TPSA) is 55.6 Å². The smallest absolute Gasteiger partial charge is 0.323 e. The number of esters is 1. The van der Waals surface area contributed by atoms with Gasteiger partial charge in [0.05, 0.1) is 6.61 Å². The molecule has 0 N–H and O–H groups in total. The van der Waals surface area contributed by atoms with Crippen LogP contribution in [-0.2, 0) is 9.53 Å².